The third-order valence-electron chi connectivity index (χ3n) is 3.17. The van der Waals surface area contributed by atoms with E-state index in [9.17, 15) is 4.79 Å². The van der Waals surface area contributed by atoms with E-state index in [1.165, 1.54) is 0 Å². The van der Waals surface area contributed by atoms with Crippen LogP contribution in [-0.4, -0.2) is 10.2 Å². The minimum Gasteiger partial charge on any atom is -0.326 e. The number of halogens is 3. The van der Waals surface area contributed by atoms with Crippen molar-refractivity contribution in [3.63, 3.8) is 0 Å². The molecule has 1 fully saturated rings. The van der Waals surface area contributed by atoms with Gasteiger partial charge in [-0.1, -0.05) is 15.9 Å². The van der Waals surface area contributed by atoms with Crippen molar-refractivity contribution in [3.8, 4) is 0 Å². The van der Waals surface area contributed by atoms with E-state index in [2.05, 4.69) is 21.2 Å². The minimum atomic E-state index is -0.929. The molecule has 1 atom stereocenters. The molecule has 1 saturated carbocycles. The number of hydrogen-bond acceptors (Lipinski definition) is 1. The summed E-state index contributed by atoms with van der Waals surface area (Å²) in [4.78, 5) is 12.0. The molecule has 0 aliphatic heterocycles. The molecule has 1 amide bonds. The zero-order valence-corrected chi connectivity index (χ0v) is 12.6. The molecule has 0 bridgehead atoms. The summed E-state index contributed by atoms with van der Waals surface area (Å²) in [5.74, 6) is -0.135. The van der Waals surface area contributed by atoms with Gasteiger partial charge in [-0.2, -0.15) is 0 Å². The lowest BCUT2D eigenvalue weighted by Crippen LogP contribution is -2.25. The van der Waals surface area contributed by atoms with Crippen LogP contribution in [0.25, 0.3) is 0 Å². The van der Waals surface area contributed by atoms with Gasteiger partial charge >= 0.3 is 0 Å². The van der Waals surface area contributed by atoms with E-state index in [0.29, 0.717) is 6.42 Å². The lowest BCUT2D eigenvalue weighted by atomic mass is 10.1. The van der Waals surface area contributed by atoms with E-state index in [0.717, 1.165) is 15.7 Å². The molecule has 1 aromatic rings. The van der Waals surface area contributed by atoms with Gasteiger partial charge in [0, 0.05) is 10.2 Å². The Balaban J connectivity index is 2.12. The van der Waals surface area contributed by atoms with E-state index >= 15 is 0 Å². The van der Waals surface area contributed by atoms with Crippen molar-refractivity contribution in [1.29, 1.82) is 0 Å². The Kier molecular flexibility index (Phi) is 3.22. The molecular formula is C12H12BrCl2NO. The maximum atomic E-state index is 12.0. The molecule has 17 heavy (non-hydrogen) atoms. The first-order chi connectivity index (χ1) is 7.76. The predicted octanol–water partition coefficient (Wildman–Crippen LogP) is 4.28. The van der Waals surface area contributed by atoms with Crippen LogP contribution < -0.4 is 5.32 Å². The standard InChI is InChI=1S/C12H12BrCl2NO/c1-7-5-8(3-4-9(7)13)16-10(17)11(2)6-12(11,14)15/h3-5H,6H2,1-2H3,(H,16,17). The van der Waals surface area contributed by atoms with Crippen molar-refractivity contribution in [2.45, 2.75) is 24.6 Å². The van der Waals surface area contributed by atoms with Gasteiger partial charge in [0.05, 0.1) is 5.41 Å². The molecule has 0 aromatic heterocycles. The highest BCUT2D eigenvalue weighted by Crippen LogP contribution is 2.64. The normalized spacial score (nSPS) is 25.5. The first-order valence-electron chi connectivity index (χ1n) is 5.22. The highest BCUT2D eigenvalue weighted by atomic mass is 79.9. The lowest BCUT2D eigenvalue weighted by Gasteiger charge is -2.13. The van der Waals surface area contributed by atoms with Crippen molar-refractivity contribution in [1.82, 2.24) is 0 Å². The first-order valence-corrected chi connectivity index (χ1v) is 6.77. The van der Waals surface area contributed by atoms with Crippen LogP contribution >= 0.6 is 39.1 Å². The molecule has 1 aromatic carbocycles. The fourth-order valence-corrected chi connectivity index (χ4v) is 2.59. The van der Waals surface area contributed by atoms with Gasteiger partial charge in [0.2, 0.25) is 5.91 Å². The average molecular weight is 337 g/mol. The number of nitrogens with one attached hydrogen (secondary N) is 1. The average Bonchev–Trinajstić information content (AvgIpc) is 2.74. The van der Waals surface area contributed by atoms with Gasteiger partial charge in [-0.15, -0.1) is 23.2 Å². The molecule has 0 spiro atoms. The number of rotatable bonds is 2. The second kappa shape index (κ2) is 4.15. The molecule has 1 unspecified atom stereocenters. The molecule has 2 rings (SSSR count). The van der Waals surface area contributed by atoms with Crippen molar-refractivity contribution in [3.05, 3.63) is 28.2 Å². The van der Waals surface area contributed by atoms with Gasteiger partial charge in [-0.3, -0.25) is 4.79 Å². The number of carbonyl (C=O) groups excluding carboxylic acids is 1. The van der Waals surface area contributed by atoms with Crippen molar-refractivity contribution in [2.24, 2.45) is 5.41 Å². The van der Waals surface area contributed by atoms with Crippen LogP contribution in [0, 0.1) is 12.3 Å². The number of carbonyl (C=O) groups is 1. The molecular weight excluding hydrogens is 325 g/mol. The Labute approximate surface area is 119 Å². The van der Waals surface area contributed by atoms with E-state index in [4.69, 9.17) is 23.2 Å². The number of benzene rings is 1. The Bertz CT molecular complexity index is 489. The van der Waals surface area contributed by atoms with E-state index < -0.39 is 9.75 Å². The number of hydrogen-bond donors (Lipinski definition) is 1. The first kappa shape index (κ1) is 13.2. The second-order valence-electron chi connectivity index (χ2n) is 4.63. The number of amides is 1. The summed E-state index contributed by atoms with van der Waals surface area (Å²) in [6.45, 7) is 3.74. The summed E-state index contributed by atoms with van der Waals surface area (Å²) in [6.07, 6.45) is 0.491. The predicted molar refractivity (Wildman–Crippen MR) is 74.7 cm³/mol. The van der Waals surface area contributed by atoms with Crippen molar-refractivity contribution < 1.29 is 4.79 Å². The molecule has 1 aliphatic carbocycles. The highest BCUT2D eigenvalue weighted by molar-refractivity contribution is 9.10. The Morgan fingerprint density at radius 3 is 2.53 bits per heavy atom. The maximum Gasteiger partial charge on any atom is 0.233 e. The van der Waals surface area contributed by atoms with Crippen LogP contribution in [0.5, 0.6) is 0 Å². The van der Waals surface area contributed by atoms with Crippen LogP contribution in [-0.2, 0) is 4.79 Å². The summed E-state index contributed by atoms with van der Waals surface area (Å²) in [7, 11) is 0. The Hall–Kier alpha value is -0.250. The van der Waals surface area contributed by atoms with Crippen LogP contribution in [0.3, 0.4) is 0 Å². The smallest absolute Gasteiger partial charge is 0.233 e. The summed E-state index contributed by atoms with van der Waals surface area (Å²) >= 11 is 15.3. The second-order valence-corrected chi connectivity index (χ2v) is 6.97. The Morgan fingerprint density at radius 2 is 2.06 bits per heavy atom. The molecule has 1 aliphatic rings. The molecule has 0 saturated heterocycles. The fourth-order valence-electron chi connectivity index (χ4n) is 1.64. The molecule has 5 heteroatoms. The number of anilines is 1. The SMILES string of the molecule is Cc1cc(NC(=O)C2(C)CC2(Cl)Cl)ccc1Br. The summed E-state index contributed by atoms with van der Waals surface area (Å²) < 4.78 is 0.0822. The van der Waals surface area contributed by atoms with E-state index in [-0.39, 0.29) is 5.91 Å². The molecule has 0 heterocycles. The zero-order chi connectivity index (χ0) is 12.8. The number of alkyl halides is 2. The van der Waals surface area contributed by atoms with Gasteiger partial charge in [-0.05, 0) is 44.0 Å². The topological polar surface area (TPSA) is 29.1 Å². The largest absolute Gasteiger partial charge is 0.326 e. The summed E-state index contributed by atoms with van der Waals surface area (Å²) in [6, 6.07) is 5.64. The lowest BCUT2D eigenvalue weighted by molar-refractivity contribution is -0.120. The van der Waals surface area contributed by atoms with Gasteiger partial charge in [-0.25, -0.2) is 0 Å². The van der Waals surface area contributed by atoms with Crippen LogP contribution in [0.1, 0.15) is 18.9 Å². The fraction of sp³-hybridized carbons (Fsp3) is 0.417. The summed E-state index contributed by atoms with van der Waals surface area (Å²) in [5, 5.41) is 2.84. The van der Waals surface area contributed by atoms with Crippen molar-refractivity contribution >= 4 is 50.7 Å². The molecule has 1 N–H and O–H groups in total. The van der Waals surface area contributed by atoms with Gasteiger partial charge in [0.15, 0.2) is 0 Å². The van der Waals surface area contributed by atoms with E-state index in [1.54, 1.807) is 6.92 Å². The number of aryl methyl sites for hydroxylation is 1. The monoisotopic (exact) mass is 335 g/mol. The third-order valence-corrected chi connectivity index (χ3v) is 5.17. The van der Waals surface area contributed by atoms with Gasteiger partial charge in [0.1, 0.15) is 4.33 Å². The van der Waals surface area contributed by atoms with Gasteiger partial charge in [0.25, 0.3) is 0 Å². The zero-order valence-electron chi connectivity index (χ0n) is 9.48. The quantitative estimate of drug-likeness (QED) is 0.802. The molecule has 92 valence electrons. The maximum absolute atomic E-state index is 12.0. The van der Waals surface area contributed by atoms with Crippen LogP contribution in [0.2, 0.25) is 0 Å². The van der Waals surface area contributed by atoms with Gasteiger partial charge < -0.3 is 5.32 Å². The van der Waals surface area contributed by atoms with Crippen LogP contribution in [0.4, 0.5) is 5.69 Å². The third kappa shape index (κ3) is 2.33. The van der Waals surface area contributed by atoms with E-state index in [1.807, 2.05) is 25.1 Å². The van der Waals surface area contributed by atoms with Crippen molar-refractivity contribution in [2.75, 3.05) is 5.32 Å². The Morgan fingerprint density at radius 1 is 1.47 bits per heavy atom. The molecule has 2 nitrogen and oxygen atoms in total. The minimum absolute atomic E-state index is 0.135. The summed E-state index contributed by atoms with van der Waals surface area (Å²) in [5.41, 5.74) is 1.14. The highest BCUT2D eigenvalue weighted by Gasteiger charge is 2.67. The molecule has 0 radical (unpaired) electrons. The van der Waals surface area contributed by atoms with Crippen LogP contribution in [0.15, 0.2) is 22.7 Å².